The highest BCUT2D eigenvalue weighted by molar-refractivity contribution is 9.10. The van der Waals surface area contributed by atoms with E-state index in [1.165, 1.54) is 0 Å². The van der Waals surface area contributed by atoms with E-state index in [4.69, 9.17) is 23.8 Å². The molecule has 0 unspecified atom stereocenters. The first-order valence-electron chi connectivity index (χ1n) is 6.18. The summed E-state index contributed by atoms with van der Waals surface area (Å²) < 4.78 is 0.984. The molecule has 0 bridgehead atoms. The van der Waals surface area contributed by atoms with Gasteiger partial charge in [-0.1, -0.05) is 57.9 Å². The highest BCUT2D eigenvalue weighted by Gasteiger charge is 2.03. The van der Waals surface area contributed by atoms with E-state index < -0.39 is 0 Å². The zero-order valence-corrected chi connectivity index (χ0v) is 14.4. The van der Waals surface area contributed by atoms with Gasteiger partial charge < -0.3 is 5.32 Å². The van der Waals surface area contributed by atoms with Crippen LogP contribution in [0, 0.1) is 0 Å². The van der Waals surface area contributed by atoms with Crippen molar-refractivity contribution in [2.75, 3.05) is 5.32 Å². The molecule has 0 spiro atoms. The normalized spacial score (nSPS) is 11.1. The zero-order valence-electron chi connectivity index (χ0n) is 11.2. The van der Waals surface area contributed by atoms with Crippen LogP contribution in [0.1, 0.15) is 12.5 Å². The Morgan fingerprint density at radius 3 is 2.52 bits per heavy atom. The summed E-state index contributed by atoms with van der Waals surface area (Å²) in [6.07, 6.45) is 0. The molecule has 0 aliphatic rings. The van der Waals surface area contributed by atoms with Crippen LogP contribution < -0.4 is 10.7 Å². The van der Waals surface area contributed by atoms with Gasteiger partial charge in [0.2, 0.25) is 0 Å². The first kappa shape index (κ1) is 15.9. The van der Waals surface area contributed by atoms with Gasteiger partial charge in [0.15, 0.2) is 5.11 Å². The molecule has 0 heterocycles. The number of hydrogen-bond donors (Lipinski definition) is 2. The van der Waals surface area contributed by atoms with Crippen LogP contribution in [0.4, 0.5) is 5.69 Å². The average molecular weight is 383 g/mol. The molecule has 0 saturated heterocycles. The lowest BCUT2D eigenvalue weighted by atomic mass is 10.1. The second-order valence-electron chi connectivity index (χ2n) is 4.22. The van der Waals surface area contributed by atoms with E-state index in [-0.39, 0.29) is 0 Å². The minimum Gasteiger partial charge on any atom is -0.330 e. The van der Waals surface area contributed by atoms with E-state index in [9.17, 15) is 0 Å². The van der Waals surface area contributed by atoms with Crippen molar-refractivity contribution >= 4 is 56.3 Å². The number of benzene rings is 2. The van der Waals surface area contributed by atoms with Crippen LogP contribution in [0.5, 0.6) is 0 Å². The van der Waals surface area contributed by atoms with Gasteiger partial charge in [-0.25, -0.2) is 0 Å². The lowest BCUT2D eigenvalue weighted by Gasteiger charge is -2.09. The molecule has 0 amide bonds. The molecule has 0 atom stereocenters. The van der Waals surface area contributed by atoms with Gasteiger partial charge in [-0.3, -0.25) is 5.43 Å². The number of halogens is 2. The number of anilines is 1. The maximum Gasteiger partial charge on any atom is 0.191 e. The third-order valence-corrected chi connectivity index (χ3v) is 3.93. The zero-order chi connectivity index (χ0) is 15.2. The van der Waals surface area contributed by atoms with Crippen molar-refractivity contribution in [3.05, 3.63) is 63.6 Å². The van der Waals surface area contributed by atoms with Crippen molar-refractivity contribution in [2.45, 2.75) is 6.92 Å². The molecule has 21 heavy (non-hydrogen) atoms. The molecule has 0 saturated carbocycles. The largest absolute Gasteiger partial charge is 0.330 e. The van der Waals surface area contributed by atoms with Gasteiger partial charge in [0.1, 0.15) is 0 Å². The van der Waals surface area contributed by atoms with E-state index in [2.05, 4.69) is 31.8 Å². The highest BCUT2D eigenvalue weighted by atomic mass is 79.9. The van der Waals surface area contributed by atoms with Crippen LogP contribution in [-0.2, 0) is 0 Å². The third-order valence-electron chi connectivity index (χ3n) is 2.71. The number of nitrogens with one attached hydrogen (secondary N) is 2. The minimum atomic E-state index is 0.384. The number of para-hydroxylation sites is 1. The van der Waals surface area contributed by atoms with E-state index >= 15 is 0 Å². The molecule has 2 aromatic rings. The van der Waals surface area contributed by atoms with Gasteiger partial charge in [0, 0.05) is 10.0 Å². The summed E-state index contributed by atoms with van der Waals surface area (Å²) in [7, 11) is 0. The summed E-state index contributed by atoms with van der Waals surface area (Å²) >= 11 is 14.7. The molecule has 0 aromatic heterocycles. The molecule has 0 aliphatic heterocycles. The number of thiocarbonyl (C=S) groups is 1. The van der Waals surface area contributed by atoms with Crippen LogP contribution >= 0.6 is 39.7 Å². The van der Waals surface area contributed by atoms with Gasteiger partial charge in [0.05, 0.1) is 16.4 Å². The molecular weight excluding hydrogens is 370 g/mol. The van der Waals surface area contributed by atoms with Crippen molar-refractivity contribution in [3.8, 4) is 0 Å². The molecule has 3 nitrogen and oxygen atoms in total. The maximum atomic E-state index is 6.06. The van der Waals surface area contributed by atoms with Gasteiger partial charge in [-0.15, -0.1) is 0 Å². The standard InChI is InChI=1S/C15H13BrClN3S/c1-10(11-6-2-3-7-12(11)16)19-20-15(21)18-14-9-5-4-8-13(14)17/h2-9H,1H3,(H2,18,20,21)/b19-10+. The van der Waals surface area contributed by atoms with Crippen LogP contribution in [0.2, 0.25) is 5.02 Å². The second-order valence-corrected chi connectivity index (χ2v) is 5.89. The van der Waals surface area contributed by atoms with E-state index in [1.807, 2.05) is 49.4 Å². The third kappa shape index (κ3) is 4.52. The van der Waals surface area contributed by atoms with Crippen LogP contribution in [0.15, 0.2) is 58.1 Å². The summed E-state index contributed by atoms with van der Waals surface area (Å²) in [4.78, 5) is 0. The minimum absolute atomic E-state index is 0.384. The lowest BCUT2D eigenvalue weighted by molar-refractivity contribution is 1.04. The molecular formula is C15H13BrClN3S. The summed E-state index contributed by atoms with van der Waals surface area (Å²) in [5, 5.41) is 8.26. The molecule has 2 rings (SSSR count). The van der Waals surface area contributed by atoms with Crippen molar-refractivity contribution in [2.24, 2.45) is 5.10 Å². The molecule has 108 valence electrons. The Labute approximate surface area is 142 Å². The van der Waals surface area contributed by atoms with Crippen molar-refractivity contribution in [3.63, 3.8) is 0 Å². The first-order chi connectivity index (χ1) is 10.1. The Bertz CT molecular complexity index is 688. The fourth-order valence-corrected chi connectivity index (χ4v) is 2.57. The highest BCUT2D eigenvalue weighted by Crippen LogP contribution is 2.20. The van der Waals surface area contributed by atoms with Gasteiger partial charge in [-0.2, -0.15) is 5.10 Å². The maximum absolute atomic E-state index is 6.06. The van der Waals surface area contributed by atoms with Gasteiger partial charge in [-0.05, 0) is 37.3 Å². The quantitative estimate of drug-likeness (QED) is 0.454. The SMILES string of the molecule is C/C(=N\NC(=S)Nc1ccccc1Cl)c1ccccc1Br. The predicted molar refractivity (Wildman–Crippen MR) is 97.2 cm³/mol. The molecule has 2 aromatic carbocycles. The smallest absolute Gasteiger partial charge is 0.191 e. The lowest BCUT2D eigenvalue weighted by Crippen LogP contribution is -2.25. The Morgan fingerprint density at radius 1 is 1.14 bits per heavy atom. The van der Waals surface area contributed by atoms with Crippen molar-refractivity contribution in [1.29, 1.82) is 0 Å². The molecule has 6 heteroatoms. The number of hydrogen-bond acceptors (Lipinski definition) is 2. The van der Waals surface area contributed by atoms with Crippen LogP contribution in [0.25, 0.3) is 0 Å². The molecule has 0 aliphatic carbocycles. The monoisotopic (exact) mass is 381 g/mol. The Morgan fingerprint density at radius 2 is 1.81 bits per heavy atom. The second kappa shape index (κ2) is 7.54. The topological polar surface area (TPSA) is 36.4 Å². The fourth-order valence-electron chi connectivity index (χ4n) is 1.66. The fraction of sp³-hybridized carbons (Fsp3) is 0.0667. The molecule has 0 fully saturated rings. The number of rotatable bonds is 3. The predicted octanol–water partition coefficient (Wildman–Crippen LogP) is 4.81. The summed E-state index contributed by atoms with van der Waals surface area (Å²) in [5.74, 6) is 0. The van der Waals surface area contributed by atoms with E-state index in [0.717, 1.165) is 21.4 Å². The molecule has 0 radical (unpaired) electrons. The Kier molecular flexibility index (Phi) is 5.73. The Balaban J connectivity index is 2.02. The summed E-state index contributed by atoms with van der Waals surface area (Å²) in [5.41, 5.74) is 5.38. The molecule has 2 N–H and O–H groups in total. The average Bonchev–Trinajstić information content (AvgIpc) is 2.48. The first-order valence-corrected chi connectivity index (χ1v) is 7.76. The van der Waals surface area contributed by atoms with Crippen LogP contribution in [0.3, 0.4) is 0 Å². The van der Waals surface area contributed by atoms with Gasteiger partial charge >= 0.3 is 0 Å². The van der Waals surface area contributed by atoms with E-state index in [0.29, 0.717) is 10.1 Å². The summed E-state index contributed by atoms with van der Waals surface area (Å²) in [6.45, 7) is 1.91. The number of hydrazone groups is 1. The number of nitrogens with zero attached hydrogens (tertiary/aromatic N) is 1. The van der Waals surface area contributed by atoms with Crippen molar-refractivity contribution < 1.29 is 0 Å². The van der Waals surface area contributed by atoms with Crippen LogP contribution in [-0.4, -0.2) is 10.8 Å². The van der Waals surface area contributed by atoms with Gasteiger partial charge in [0.25, 0.3) is 0 Å². The van der Waals surface area contributed by atoms with Crippen molar-refractivity contribution in [1.82, 2.24) is 5.43 Å². The summed E-state index contributed by atoms with van der Waals surface area (Å²) in [6, 6.07) is 15.2. The van der Waals surface area contributed by atoms with E-state index in [1.54, 1.807) is 6.07 Å². The Hall–Kier alpha value is -1.43.